The second-order valence-corrected chi connectivity index (χ2v) is 6.26. The van der Waals surface area contributed by atoms with Crippen molar-refractivity contribution in [1.82, 2.24) is 9.55 Å². The molecule has 0 atom stereocenters. The number of aromatic nitrogens is 2. The largest absolute Gasteiger partial charge is 0.355 e. The Kier molecular flexibility index (Phi) is 5.29. The van der Waals surface area contributed by atoms with Gasteiger partial charge in [0.1, 0.15) is 0 Å². The van der Waals surface area contributed by atoms with Crippen molar-refractivity contribution in [2.45, 2.75) is 65.8 Å². The molecule has 1 aliphatic carbocycles. The molecule has 0 amide bonds. The van der Waals surface area contributed by atoms with Gasteiger partial charge in [-0.3, -0.25) is 0 Å². The van der Waals surface area contributed by atoms with Crippen molar-refractivity contribution in [2.75, 3.05) is 11.9 Å². The second kappa shape index (κ2) is 6.97. The highest BCUT2D eigenvalue weighted by molar-refractivity contribution is 5.28. The van der Waals surface area contributed by atoms with E-state index in [1.54, 1.807) is 0 Å². The van der Waals surface area contributed by atoms with E-state index in [1.807, 2.05) is 0 Å². The Balaban J connectivity index is 1.84. The number of imidazole rings is 1. The highest BCUT2D eigenvalue weighted by atomic mass is 15.2. The highest BCUT2D eigenvalue weighted by Gasteiger charge is 2.18. The lowest BCUT2D eigenvalue weighted by Gasteiger charge is -2.26. The van der Waals surface area contributed by atoms with Crippen LogP contribution >= 0.6 is 0 Å². The summed E-state index contributed by atoms with van der Waals surface area (Å²) in [5, 5.41) is 3.58. The van der Waals surface area contributed by atoms with Crippen LogP contribution in [0.3, 0.4) is 0 Å². The Labute approximate surface area is 117 Å². The average Bonchev–Trinajstić information content (AvgIpc) is 2.76. The van der Waals surface area contributed by atoms with Gasteiger partial charge in [-0.25, -0.2) is 4.98 Å². The van der Waals surface area contributed by atoms with Crippen LogP contribution in [0.2, 0.25) is 0 Å². The van der Waals surface area contributed by atoms with Gasteiger partial charge < -0.3 is 9.88 Å². The predicted octanol–water partition coefficient (Wildman–Crippen LogP) is 4.23. The molecule has 1 heterocycles. The Morgan fingerprint density at radius 1 is 1.32 bits per heavy atom. The third-order valence-electron chi connectivity index (χ3n) is 4.33. The van der Waals surface area contributed by atoms with E-state index in [9.17, 15) is 0 Å². The standard InChI is InChI=1S/C16H29N3/c1-4-5-10-19-12-14(3)18-16(19)17-11-15-8-6-13(2)7-9-15/h12-13,15H,4-11H2,1-3H3,(H,17,18). The second-order valence-electron chi connectivity index (χ2n) is 6.26. The summed E-state index contributed by atoms with van der Waals surface area (Å²) in [6, 6.07) is 0. The van der Waals surface area contributed by atoms with Gasteiger partial charge in [-0.05, 0) is 38.0 Å². The molecule has 1 saturated carbocycles. The number of unbranched alkanes of at least 4 members (excludes halogenated alkanes) is 1. The molecule has 0 aromatic carbocycles. The van der Waals surface area contributed by atoms with E-state index < -0.39 is 0 Å². The minimum Gasteiger partial charge on any atom is -0.355 e. The minimum absolute atomic E-state index is 0.841. The molecule has 3 heteroatoms. The third kappa shape index (κ3) is 4.26. The SMILES string of the molecule is CCCCn1cc(C)nc1NCC1CCC(C)CC1. The number of anilines is 1. The smallest absolute Gasteiger partial charge is 0.203 e. The van der Waals surface area contributed by atoms with Crippen molar-refractivity contribution < 1.29 is 0 Å². The molecule has 2 rings (SSSR count). The van der Waals surface area contributed by atoms with Crippen molar-refractivity contribution in [3.05, 3.63) is 11.9 Å². The number of nitrogens with one attached hydrogen (secondary N) is 1. The topological polar surface area (TPSA) is 29.9 Å². The van der Waals surface area contributed by atoms with Crippen LogP contribution in [-0.2, 0) is 6.54 Å². The first kappa shape index (κ1) is 14.4. The lowest BCUT2D eigenvalue weighted by Crippen LogP contribution is -2.21. The molecule has 1 aliphatic rings. The van der Waals surface area contributed by atoms with Crippen LogP contribution in [0.4, 0.5) is 5.95 Å². The first-order valence-electron chi connectivity index (χ1n) is 7.96. The van der Waals surface area contributed by atoms with Gasteiger partial charge in [-0.15, -0.1) is 0 Å². The first-order chi connectivity index (χ1) is 9.19. The molecule has 0 saturated heterocycles. The van der Waals surface area contributed by atoms with Crippen LogP contribution < -0.4 is 5.32 Å². The Hall–Kier alpha value is -0.990. The maximum Gasteiger partial charge on any atom is 0.203 e. The molecule has 1 aromatic rings. The van der Waals surface area contributed by atoms with Gasteiger partial charge in [0.25, 0.3) is 0 Å². The van der Waals surface area contributed by atoms with Gasteiger partial charge in [0.15, 0.2) is 0 Å². The van der Waals surface area contributed by atoms with E-state index in [1.165, 1.54) is 38.5 Å². The molecule has 1 aromatic heterocycles. The van der Waals surface area contributed by atoms with Gasteiger partial charge in [-0.1, -0.05) is 33.1 Å². The Morgan fingerprint density at radius 3 is 2.74 bits per heavy atom. The van der Waals surface area contributed by atoms with E-state index in [0.717, 1.165) is 36.6 Å². The number of aryl methyl sites for hydroxylation is 2. The summed E-state index contributed by atoms with van der Waals surface area (Å²) >= 11 is 0. The monoisotopic (exact) mass is 263 g/mol. The molecular weight excluding hydrogens is 234 g/mol. The summed E-state index contributed by atoms with van der Waals surface area (Å²) in [6.45, 7) is 8.87. The zero-order valence-corrected chi connectivity index (χ0v) is 12.8. The van der Waals surface area contributed by atoms with Crippen LogP contribution in [0.1, 0.15) is 58.1 Å². The number of nitrogens with zero attached hydrogens (tertiary/aromatic N) is 2. The van der Waals surface area contributed by atoms with Crippen molar-refractivity contribution in [3.8, 4) is 0 Å². The molecule has 108 valence electrons. The Bertz CT molecular complexity index is 375. The van der Waals surface area contributed by atoms with E-state index in [0.29, 0.717) is 0 Å². The highest BCUT2D eigenvalue weighted by Crippen LogP contribution is 2.28. The summed E-state index contributed by atoms with van der Waals surface area (Å²) in [6.07, 6.45) is 10.2. The fraction of sp³-hybridized carbons (Fsp3) is 0.812. The summed E-state index contributed by atoms with van der Waals surface area (Å²) < 4.78 is 2.28. The van der Waals surface area contributed by atoms with Gasteiger partial charge >= 0.3 is 0 Å². The summed E-state index contributed by atoms with van der Waals surface area (Å²) in [5.74, 6) is 2.85. The molecule has 3 nitrogen and oxygen atoms in total. The van der Waals surface area contributed by atoms with Gasteiger partial charge in [0.2, 0.25) is 5.95 Å². The normalized spacial score (nSPS) is 23.5. The van der Waals surface area contributed by atoms with Crippen molar-refractivity contribution in [2.24, 2.45) is 11.8 Å². The summed E-state index contributed by atoms with van der Waals surface area (Å²) in [7, 11) is 0. The minimum atomic E-state index is 0.841. The molecule has 1 N–H and O–H groups in total. The zero-order chi connectivity index (χ0) is 13.7. The Morgan fingerprint density at radius 2 is 2.05 bits per heavy atom. The lowest BCUT2D eigenvalue weighted by atomic mass is 9.83. The fourth-order valence-electron chi connectivity index (χ4n) is 2.96. The van der Waals surface area contributed by atoms with E-state index >= 15 is 0 Å². The molecule has 0 aliphatic heterocycles. The van der Waals surface area contributed by atoms with Gasteiger partial charge in [-0.2, -0.15) is 0 Å². The van der Waals surface area contributed by atoms with Crippen molar-refractivity contribution in [1.29, 1.82) is 0 Å². The third-order valence-corrected chi connectivity index (χ3v) is 4.33. The van der Waals surface area contributed by atoms with Gasteiger partial charge in [0, 0.05) is 19.3 Å². The van der Waals surface area contributed by atoms with Crippen LogP contribution in [0, 0.1) is 18.8 Å². The van der Waals surface area contributed by atoms with Crippen molar-refractivity contribution >= 4 is 5.95 Å². The molecule has 0 spiro atoms. The average molecular weight is 263 g/mol. The summed E-state index contributed by atoms with van der Waals surface area (Å²) in [4.78, 5) is 4.61. The molecule has 0 unspecified atom stereocenters. The van der Waals surface area contributed by atoms with E-state index in [2.05, 4.69) is 41.8 Å². The molecule has 19 heavy (non-hydrogen) atoms. The van der Waals surface area contributed by atoms with Crippen LogP contribution in [0.5, 0.6) is 0 Å². The van der Waals surface area contributed by atoms with Crippen LogP contribution in [-0.4, -0.2) is 16.1 Å². The number of hydrogen-bond acceptors (Lipinski definition) is 2. The molecular formula is C16H29N3. The fourth-order valence-corrected chi connectivity index (χ4v) is 2.96. The van der Waals surface area contributed by atoms with Crippen molar-refractivity contribution in [3.63, 3.8) is 0 Å². The molecule has 1 fully saturated rings. The van der Waals surface area contributed by atoms with E-state index in [4.69, 9.17) is 0 Å². The predicted molar refractivity (Wildman–Crippen MR) is 81.5 cm³/mol. The van der Waals surface area contributed by atoms with Crippen LogP contribution in [0.15, 0.2) is 6.20 Å². The number of hydrogen-bond donors (Lipinski definition) is 1. The van der Waals surface area contributed by atoms with Gasteiger partial charge in [0.05, 0.1) is 5.69 Å². The lowest BCUT2D eigenvalue weighted by molar-refractivity contribution is 0.300. The zero-order valence-electron chi connectivity index (χ0n) is 12.8. The maximum atomic E-state index is 4.61. The quantitative estimate of drug-likeness (QED) is 0.832. The number of rotatable bonds is 6. The maximum absolute atomic E-state index is 4.61. The molecule has 0 radical (unpaired) electrons. The first-order valence-corrected chi connectivity index (χ1v) is 7.96. The van der Waals surface area contributed by atoms with E-state index in [-0.39, 0.29) is 0 Å². The summed E-state index contributed by atoms with van der Waals surface area (Å²) in [5.41, 5.74) is 1.12. The van der Waals surface area contributed by atoms with Crippen LogP contribution in [0.25, 0.3) is 0 Å². The molecule has 0 bridgehead atoms.